The maximum atomic E-state index is 12.1. The zero-order valence-electron chi connectivity index (χ0n) is 12.4. The number of rotatable bonds is 5. The largest absolute Gasteiger partial charge is 0.476 e. The van der Waals surface area contributed by atoms with Crippen LogP contribution in [0.25, 0.3) is 5.03 Å². The summed E-state index contributed by atoms with van der Waals surface area (Å²) >= 11 is 1.16. The molecule has 3 atom stereocenters. The molecule has 1 fully saturated rings. The SMILES string of the molecule is C[C@@H](O)[C@H]1C(=O)N2C(C(=O)O)=C(n3cnc(COC(N)=O)c3)S[C@H]12. The molecule has 11 heteroatoms. The number of aromatic nitrogens is 2. The summed E-state index contributed by atoms with van der Waals surface area (Å²) in [5.74, 6) is -2.32. The second-order valence-electron chi connectivity index (χ2n) is 5.32. The summed E-state index contributed by atoms with van der Waals surface area (Å²) in [5.41, 5.74) is 5.09. The van der Waals surface area contributed by atoms with Crippen LogP contribution >= 0.6 is 11.8 Å². The molecule has 3 heterocycles. The van der Waals surface area contributed by atoms with E-state index in [0.29, 0.717) is 10.7 Å². The lowest BCUT2D eigenvalue weighted by Gasteiger charge is -2.43. The number of carbonyl (C=O) groups is 3. The van der Waals surface area contributed by atoms with Crippen molar-refractivity contribution in [3.63, 3.8) is 0 Å². The highest BCUT2D eigenvalue weighted by Gasteiger charge is 2.58. The fourth-order valence-corrected chi connectivity index (χ4v) is 4.19. The Hall–Kier alpha value is -2.53. The zero-order chi connectivity index (χ0) is 17.6. The van der Waals surface area contributed by atoms with E-state index < -0.39 is 35.4 Å². The number of hydrogen-bond acceptors (Lipinski definition) is 7. The van der Waals surface area contributed by atoms with Gasteiger partial charge in [0.1, 0.15) is 23.3 Å². The van der Waals surface area contributed by atoms with E-state index in [4.69, 9.17) is 5.73 Å². The number of aliphatic hydroxyl groups is 1. The second kappa shape index (κ2) is 5.83. The van der Waals surface area contributed by atoms with Crippen LogP contribution in [0.15, 0.2) is 18.2 Å². The molecule has 1 aromatic rings. The number of carbonyl (C=O) groups excluding carboxylic acids is 2. The number of nitrogens with zero attached hydrogens (tertiary/aromatic N) is 3. The lowest BCUT2D eigenvalue weighted by atomic mass is 9.92. The molecule has 0 radical (unpaired) electrons. The van der Waals surface area contributed by atoms with Gasteiger partial charge >= 0.3 is 12.1 Å². The van der Waals surface area contributed by atoms with Crippen molar-refractivity contribution in [1.82, 2.24) is 14.5 Å². The number of hydrogen-bond donors (Lipinski definition) is 3. The Kier molecular flexibility index (Phi) is 3.97. The van der Waals surface area contributed by atoms with Crippen LogP contribution in [-0.2, 0) is 20.9 Å². The van der Waals surface area contributed by atoms with Gasteiger partial charge in [-0.3, -0.25) is 14.3 Å². The van der Waals surface area contributed by atoms with Crippen LogP contribution in [0, 0.1) is 5.92 Å². The van der Waals surface area contributed by atoms with Crippen molar-refractivity contribution < 1.29 is 29.3 Å². The van der Waals surface area contributed by atoms with E-state index in [9.17, 15) is 24.6 Å². The van der Waals surface area contributed by atoms with Gasteiger partial charge in [0.25, 0.3) is 0 Å². The highest BCUT2D eigenvalue weighted by Crippen LogP contribution is 2.51. The summed E-state index contributed by atoms with van der Waals surface area (Å²) in [7, 11) is 0. The van der Waals surface area contributed by atoms with Crippen molar-refractivity contribution in [2.24, 2.45) is 11.7 Å². The van der Waals surface area contributed by atoms with Crippen molar-refractivity contribution in [2.75, 3.05) is 0 Å². The molecule has 0 aliphatic carbocycles. The van der Waals surface area contributed by atoms with E-state index in [1.165, 1.54) is 28.9 Å². The lowest BCUT2D eigenvalue weighted by Crippen LogP contribution is -2.60. The predicted molar refractivity (Wildman–Crippen MR) is 80.8 cm³/mol. The fourth-order valence-electron chi connectivity index (χ4n) is 2.64. The molecule has 0 aromatic carbocycles. The number of ether oxygens (including phenoxy) is 1. The van der Waals surface area contributed by atoms with Crippen LogP contribution in [0.5, 0.6) is 0 Å². The summed E-state index contributed by atoms with van der Waals surface area (Å²) in [4.78, 5) is 39.5. The highest BCUT2D eigenvalue weighted by atomic mass is 32.2. The van der Waals surface area contributed by atoms with E-state index in [0.717, 1.165) is 11.8 Å². The number of amides is 2. The molecule has 2 amide bonds. The predicted octanol–water partition coefficient (Wildman–Crippen LogP) is -0.399. The summed E-state index contributed by atoms with van der Waals surface area (Å²) in [6, 6.07) is 0. The first-order valence-corrected chi connectivity index (χ1v) is 7.80. The van der Waals surface area contributed by atoms with Crippen LogP contribution in [0.2, 0.25) is 0 Å². The van der Waals surface area contributed by atoms with Crippen molar-refractivity contribution in [3.05, 3.63) is 23.9 Å². The molecule has 3 rings (SSSR count). The number of carboxylic acid groups (broad SMARTS) is 1. The molecule has 24 heavy (non-hydrogen) atoms. The van der Waals surface area contributed by atoms with Crippen molar-refractivity contribution in [1.29, 1.82) is 0 Å². The van der Waals surface area contributed by atoms with Gasteiger partial charge in [0.2, 0.25) is 5.91 Å². The Balaban J connectivity index is 1.89. The van der Waals surface area contributed by atoms with Gasteiger partial charge in [-0.05, 0) is 6.92 Å². The molecule has 128 valence electrons. The van der Waals surface area contributed by atoms with Crippen LogP contribution < -0.4 is 5.73 Å². The number of imidazole rings is 1. The minimum atomic E-state index is -1.25. The number of β-lactam (4-membered cyclic amide) rings is 1. The van der Waals surface area contributed by atoms with Crippen LogP contribution in [0.4, 0.5) is 4.79 Å². The topological polar surface area (TPSA) is 148 Å². The van der Waals surface area contributed by atoms with Gasteiger partial charge in [0.15, 0.2) is 5.70 Å². The number of fused-ring (bicyclic) bond motifs is 1. The van der Waals surface area contributed by atoms with E-state index >= 15 is 0 Å². The zero-order valence-corrected chi connectivity index (χ0v) is 13.3. The average Bonchev–Trinajstić information content (AvgIpc) is 3.06. The summed E-state index contributed by atoms with van der Waals surface area (Å²) in [5, 5.41) is 19.0. The summed E-state index contributed by atoms with van der Waals surface area (Å²) < 4.78 is 6.07. The summed E-state index contributed by atoms with van der Waals surface area (Å²) in [6.45, 7) is 1.35. The number of thioether (sulfide) groups is 1. The maximum absolute atomic E-state index is 12.1. The molecule has 2 aliphatic heterocycles. The number of carboxylic acids is 1. The molecule has 0 spiro atoms. The van der Waals surface area contributed by atoms with E-state index in [-0.39, 0.29) is 12.3 Å². The highest BCUT2D eigenvalue weighted by molar-refractivity contribution is 8.08. The standard InChI is InChI=1S/C13H14N4O6S/c1-5(18)7-9(19)17-8(12(20)21)11(24-10(7)17)16-2-6(15-4-16)3-23-13(14)22/h2,4-5,7,10,18H,3H2,1H3,(H2,14,22)(H,20,21)/t5-,7+,10-/m1/s1. The maximum Gasteiger partial charge on any atom is 0.404 e. The number of aliphatic carboxylic acids is 1. The normalized spacial score (nSPS) is 23.8. The average molecular weight is 354 g/mol. The Labute approximate surface area is 139 Å². The molecule has 2 aliphatic rings. The third-order valence-corrected chi connectivity index (χ3v) is 5.09. The first-order chi connectivity index (χ1) is 11.3. The van der Waals surface area contributed by atoms with Crippen LogP contribution in [0.3, 0.4) is 0 Å². The molecule has 0 saturated carbocycles. The summed E-state index contributed by atoms with van der Waals surface area (Å²) in [6.07, 6.45) is 1.03. The molecule has 4 N–H and O–H groups in total. The van der Waals surface area contributed by atoms with E-state index in [1.807, 2.05) is 0 Å². The first kappa shape index (κ1) is 16.3. The number of primary amides is 1. The molecular formula is C13H14N4O6S. The van der Waals surface area contributed by atoms with Crippen LogP contribution in [0.1, 0.15) is 12.6 Å². The Morgan fingerprint density at radius 1 is 1.54 bits per heavy atom. The Bertz CT molecular complexity index is 757. The first-order valence-electron chi connectivity index (χ1n) is 6.92. The van der Waals surface area contributed by atoms with E-state index in [2.05, 4.69) is 9.72 Å². The molecule has 0 bridgehead atoms. The smallest absolute Gasteiger partial charge is 0.404 e. The van der Waals surface area contributed by atoms with Gasteiger partial charge in [0, 0.05) is 6.20 Å². The minimum absolute atomic E-state index is 0.148. The van der Waals surface area contributed by atoms with Gasteiger partial charge < -0.3 is 20.7 Å². The van der Waals surface area contributed by atoms with Crippen LogP contribution in [-0.4, -0.2) is 54.1 Å². The minimum Gasteiger partial charge on any atom is -0.476 e. The molecule has 0 unspecified atom stereocenters. The van der Waals surface area contributed by atoms with Gasteiger partial charge in [-0.15, -0.1) is 0 Å². The number of nitrogens with two attached hydrogens (primary N) is 1. The van der Waals surface area contributed by atoms with Gasteiger partial charge in [-0.2, -0.15) is 0 Å². The Morgan fingerprint density at radius 2 is 2.25 bits per heavy atom. The van der Waals surface area contributed by atoms with E-state index in [1.54, 1.807) is 0 Å². The Morgan fingerprint density at radius 3 is 2.83 bits per heavy atom. The third kappa shape index (κ3) is 2.51. The number of aliphatic hydroxyl groups excluding tert-OH is 1. The van der Waals surface area contributed by atoms with Crippen molar-refractivity contribution in [3.8, 4) is 0 Å². The van der Waals surface area contributed by atoms with Crippen molar-refractivity contribution >= 4 is 34.8 Å². The monoisotopic (exact) mass is 354 g/mol. The fraction of sp³-hybridized carbons (Fsp3) is 0.385. The quantitative estimate of drug-likeness (QED) is 0.605. The lowest BCUT2D eigenvalue weighted by molar-refractivity contribution is -0.156. The van der Waals surface area contributed by atoms with Gasteiger partial charge in [-0.25, -0.2) is 14.6 Å². The van der Waals surface area contributed by atoms with Crippen molar-refractivity contribution in [2.45, 2.75) is 25.0 Å². The molecule has 10 nitrogen and oxygen atoms in total. The molecule has 1 aromatic heterocycles. The third-order valence-electron chi connectivity index (χ3n) is 3.72. The van der Waals surface area contributed by atoms with Gasteiger partial charge in [-0.1, -0.05) is 11.8 Å². The van der Waals surface area contributed by atoms with Gasteiger partial charge in [0.05, 0.1) is 17.7 Å². The molecule has 1 saturated heterocycles. The second-order valence-corrected chi connectivity index (χ2v) is 6.43. The molecular weight excluding hydrogens is 340 g/mol.